The number of anilines is 2. The number of benzene rings is 2. The second kappa shape index (κ2) is 7.35. The first-order chi connectivity index (χ1) is 12.8. The average Bonchev–Trinajstić information content (AvgIpc) is 3.24. The van der Waals surface area contributed by atoms with Crippen molar-refractivity contribution < 1.29 is 4.79 Å². The predicted octanol–water partition coefficient (Wildman–Crippen LogP) is 4.00. The van der Waals surface area contributed by atoms with Crippen LogP contribution in [0.5, 0.6) is 0 Å². The van der Waals surface area contributed by atoms with Crippen LogP contribution in [0, 0.1) is 0 Å². The summed E-state index contributed by atoms with van der Waals surface area (Å²) in [5.74, 6) is 0.825. The Hall–Kier alpha value is -3.21. The van der Waals surface area contributed by atoms with Crippen molar-refractivity contribution in [2.45, 2.75) is 12.8 Å². The Balaban J connectivity index is 1.45. The average molecular weight is 344 g/mol. The van der Waals surface area contributed by atoms with Crippen LogP contribution < -0.4 is 10.2 Å². The summed E-state index contributed by atoms with van der Waals surface area (Å²) in [6.45, 7) is 2.12. The van der Waals surface area contributed by atoms with E-state index in [1.807, 2.05) is 54.6 Å². The lowest BCUT2D eigenvalue weighted by atomic mass is 10.1. The van der Waals surface area contributed by atoms with Gasteiger partial charge in [0.2, 0.25) is 0 Å². The summed E-state index contributed by atoms with van der Waals surface area (Å²) in [5, 5.41) is 11.6. The van der Waals surface area contributed by atoms with E-state index < -0.39 is 0 Å². The van der Waals surface area contributed by atoms with Gasteiger partial charge in [0.1, 0.15) is 0 Å². The van der Waals surface area contributed by atoms with Gasteiger partial charge >= 0.3 is 0 Å². The first-order valence-electron chi connectivity index (χ1n) is 8.85. The van der Waals surface area contributed by atoms with Gasteiger partial charge in [-0.25, -0.2) is 0 Å². The SMILES string of the molecule is O=C(Nc1ccc(-c2ccc(N3CCCC3)nn2)cc1)c1ccccc1. The van der Waals surface area contributed by atoms with E-state index in [0.717, 1.165) is 35.9 Å². The summed E-state index contributed by atoms with van der Waals surface area (Å²) in [4.78, 5) is 14.5. The minimum atomic E-state index is -0.117. The fourth-order valence-corrected chi connectivity index (χ4v) is 3.11. The molecule has 0 unspecified atom stereocenters. The zero-order valence-corrected chi connectivity index (χ0v) is 14.4. The number of carbonyl (C=O) groups is 1. The number of nitrogens with one attached hydrogen (secondary N) is 1. The number of nitrogens with zero attached hydrogens (tertiary/aromatic N) is 3. The van der Waals surface area contributed by atoms with Crippen molar-refractivity contribution >= 4 is 17.4 Å². The molecule has 1 aromatic heterocycles. The van der Waals surface area contributed by atoms with Gasteiger partial charge in [-0.05, 0) is 49.2 Å². The fourth-order valence-electron chi connectivity index (χ4n) is 3.11. The molecule has 1 aliphatic rings. The molecule has 3 aromatic rings. The molecule has 1 fully saturated rings. The smallest absolute Gasteiger partial charge is 0.255 e. The van der Waals surface area contributed by atoms with Gasteiger partial charge in [-0.2, -0.15) is 0 Å². The van der Waals surface area contributed by atoms with Gasteiger partial charge in [0, 0.05) is 29.9 Å². The number of hydrogen-bond donors (Lipinski definition) is 1. The van der Waals surface area contributed by atoms with E-state index in [2.05, 4.69) is 20.4 Å². The number of amides is 1. The first-order valence-corrected chi connectivity index (χ1v) is 8.85. The molecule has 0 atom stereocenters. The Morgan fingerprint density at radius 2 is 1.58 bits per heavy atom. The second-order valence-corrected chi connectivity index (χ2v) is 6.37. The topological polar surface area (TPSA) is 58.1 Å². The van der Waals surface area contributed by atoms with Gasteiger partial charge in [-0.1, -0.05) is 30.3 Å². The van der Waals surface area contributed by atoms with Crippen LogP contribution in [0.1, 0.15) is 23.2 Å². The minimum absolute atomic E-state index is 0.117. The van der Waals surface area contributed by atoms with E-state index in [9.17, 15) is 4.79 Å². The van der Waals surface area contributed by atoms with Crippen LogP contribution in [0.4, 0.5) is 11.5 Å². The Morgan fingerprint density at radius 3 is 2.23 bits per heavy atom. The van der Waals surface area contributed by atoms with Gasteiger partial charge in [-0.15, -0.1) is 10.2 Å². The van der Waals surface area contributed by atoms with Crippen molar-refractivity contribution in [2.24, 2.45) is 0 Å². The van der Waals surface area contributed by atoms with Crippen molar-refractivity contribution in [3.63, 3.8) is 0 Å². The fraction of sp³-hybridized carbons (Fsp3) is 0.190. The molecule has 2 heterocycles. The minimum Gasteiger partial charge on any atom is -0.355 e. The lowest BCUT2D eigenvalue weighted by Crippen LogP contribution is -2.19. The third kappa shape index (κ3) is 3.57. The highest BCUT2D eigenvalue weighted by molar-refractivity contribution is 6.04. The van der Waals surface area contributed by atoms with Crippen LogP contribution in [-0.4, -0.2) is 29.2 Å². The van der Waals surface area contributed by atoms with E-state index in [0.29, 0.717) is 5.56 Å². The molecular weight excluding hydrogens is 324 g/mol. The molecule has 26 heavy (non-hydrogen) atoms. The van der Waals surface area contributed by atoms with E-state index in [1.165, 1.54) is 12.8 Å². The molecule has 0 bridgehead atoms. The molecule has 1 N–H and O–H groups in total. The van der Waals surface area contributed by atoms with E-state index >= 15 is 0 Å². The molecule has 0 radical (unpaired) electrons. The standard InChI is InChI=1S/C21H20N4O/c26-21(17-6-2-1-3-7-17)22-18-10-8-16(9-11-18)19-12-13-20(24-23-19)25-14-4-5-15-25/h1-3,6-13H,4-5,14-15H2,(H,22,26). The lowest BCUT2D eigenvalue weighted by molar-refractivity contribution is 0.102. The second-order valence-electron chi connectivity index (χ2n) is 6.37. The van der Waals surface area contributed by atoms with Crippen molar-refractivity contribution in [1.29, 1.82) is 0 Å². The molecule has 0 spiro atoms. The molecule has 5 heteroatoms. The first kappa shape index (κ1) is 16.3. The maximum Gasteiger partial charge on any atom is 0.255 e. The van der Waals surface area contributed by atoms with E-state index in [1.54, 1.807) is 12.1 Å². The molecule has 2 aromatic carbocycles. The molecule has 1 amide bonds. The monoisotopic (exact) mass is 344 g/mol. The largest absolute Gasteiger partial charge is 0.355 e. The normalized spacial score (nSPS) is 13.6. The Morgan fingerprint density at radius 1 is 0.846 bits per heavy atom. The lowest BCUT2D eigenvalue weighted by Gasteiger charge is -2.15. The van der Waals surface area contributed by atoms with Crippen LogP contribution in [0.25, 0.3) is 11.3 Å². The van der Waals surface area contributed by atoms with Crippen LogP contribution in [0.15, 0.2) is 66.7 Å². The number of carbonyl (C=O) groups excluding carboxylic acids is 1. The summed E-state index contributed by atoms with van der Waals surface area (Å²) in [7, 11) is 0. The Labute approximate surface area is 152 Å². The number of hydrogen-bond acceptors (Lipinski definition) is 4. The predicted molar refractivity (Wildman–Crippen MR) is 103 cm³/mol. The molecule has 4 rings (SSSR count). The van der Waals surface area contributed by atoms with Crippen LogP contribution in [0.2, 0.25) is 0 Å². The number of rotatable bonds is 4. The molecule has 5 nitrogen and oxygen atoms in total. The molecule has 130 valence electrons. The Kier molecular flexibility index (Phi) is 4.60. The summed E-state index contributed by atoms with van der Waals surface area (Å²) in [6, 6.07) is 20.9. The van der Waals surface area contributed by atoms with Crippen LogP contribution >= 0.6 is 0 Å². The zero-order valence-electron chi connectivity index (χ0n) is 14.4. The van der Waals surface area contributed by atoms with Crippen LogP contribution in [-0.2, 0) is 0 Å². The maximum absolute atomic E-state index is 12.2. The maximum atomic E-state index is 12.2. The van der Waals surface area contributed by atoms with Gasteiger partial charge in [0.25, 0.3) is 5.91 Å². The van der Waals surface area contributed by atoms with Crippen molar-refractivity contribution in [3.05, 3.63) is 72.3 Å². The van der Waals surface area contributed by atoms with E-state index in [-0.39, 0.29) is 5.91 Å². The van der Waals surface area contributed by atoms with Gasteiger partial charge in [-0.3, -0.25) is 4.79 Å². The third-order valence-electron chi connectivity index (χ3n) is 4.56. The molecule has 0 aliphatic carbocycles. The van der Waals surface area contributed by atoms with Crippen molar-refractivity contribution in [3.8, 4) is 11.3 Å². The van der Waals surface area contributed by atoms with Crippen molar-refractivity contribution in [2.75, 3.05) is 23.3 Å². The highest BCUT2D eigenvalue weighted by Crippen LogP contribution is 2.22. The summed E-state index contributed by atoms with van der Waals surface area (Å²) >= 11 is 0. The zero-order chi connectivity index (χ0) is 17.8. The van der Waals surface area contributed by atoms with Gasteiger partial charge in [0.15, 0.2) is 5.82 Å². The summed E-state index contributed by atoms with van der Waals surface area (Å²) < 4.78 is 0. The van der Waals surface area contributed by atoms with Gasteiger partial charge in [0.05, 0.1) is 5.69 Å². The Bertz CT molecular complexity index is 870. The highest BCUT2D eigenvalue weighted by Gasteiger charge is 2.14. The molecule has 1 aliphatic heterocycles. The molecule has 0 saturated carbocycles. The summed E-state index contributed by atoms with van der Waals surface area (Å²) in [6.07, 6.45) is 2.44. The number of aromatic nitrogens is 2. The highest BCUT2D eigenvalue weighted by atomic mass is 16.1. The van der Waals surface area contributed by atoms with Crippen LogP contribution in [0.3, 0.4) is 0 Å². The third-order valence-corrected chi connectivity index (χ3v) is 4.56. The molecular formula is C21H20N4O. The van der Waals surface area contributed by atoms with E-state index in [4.69, 9.17) is 0 Å². The quantitative estimate of drug-likeness (QED) is 0.777. The molecule has 1 saturated heterocycles. The van der Waals surface area contributed by atoms with Crippen molar-refractivity contribution in [1.82, 2.24) is 10.2 Å². The van der Waals surface area contributed by atoms with Gasteiger partial charge < -0.3 is 10.2 Å². The summed E-state index contributed by atoms with van der Waals surface area (Å²) in [5.41, 5.74) is 3.20.